The molecular formula is C12H23NO4. The molecule has 0 saturated carbocycles. The van der Waals surface area contributed by atoms with E-state index in [-0.39, 0.29) is 17.7 Å². The minimum absolute atomic E-state index is 0.00275. The van der Waals surface area contributed by atoms with Crippen LogP contribution in [0.15, 0.2) is 0 Å². The third-order valence-corrected chi connectivity index (χ3v) is 3.13. The Morgan fingerprint density at radius 2 is 2.18 bits per heavy atom. The van der Waals surface area contributed by atoms with Gasteiger partial charge < -0.3 is 19.9 Å². The van der Waals surface area contributed by atoms with Gasteiger partial charge in [0.2, 0.25) is 0 Å². The van der Waals surface area contributed by atoms with Gasteiger partial charge in [-0.3, -0.25) is 0 Å². The smallest absolute Gasteiger partial charge is 0.335 e. The maximum Gasteiger partial charge on any atom is 0.335 e. The van der Waals surface area contributed by atoms with E-state index in [4.69, 9.17) is 19.9 Å². The molecule has 0 radical (unpaired) electrons. The van der Waals surface area contributed by atoms with E-state index in [0.29, 0.717) is 26.0 Å². The van der Waals surface area contributed by atoms with Crippen molar-refractivity contribution in [2.24, 2.45) is 5.73 Å². The lowest BCUT2D eigenvalue weighted by atomic mass is 10.1. The molecule has 0 spiro atoms. The van der Waals surface area contributed by atoms with Gasteiger partial charge >= 0.3 is 5.97 Å². The van der Waals surface area contributed by atoms with E-state index >= 15 is 0 Å². The molecule has 0 aromatic rings. The van der Waals surface area contributed by atoms with E-state index in [1.54, 1.807) is 7.11 Å². The van der Waals surface area contributed by atoms with Crippen LogP contribution < -0.4 is 5.73 Å². The first-order valence-electron chi connectivity index (χ1n) is 6.06. The number of carbonyl (C=O) groups is 1. The molecule has 1 rings (SSSR count). The highest BCUT2D eigenvalue weighted by Gasteiger charge is 2.31. The zero-order chi connectivity index (χ0) is 12.9. The molecule has 0 aromatic carbocycles. The van der Waals surface area contributed by atoms with Gasteiger partial charge in [0, 0.05) is 20.1 Å². The van der Waals surface area contributed by atoms with E-state index in [1.165, 1.54) is 0 Å². The molecule has 100 valence electrons. The van der Waals surface area contributed by atoms with Crippen molar-refractivity contribution in [2.45, 2.75) is 50.9 Å². The minimum atomic E-state index is -0.436. The molecule has 1 aliphatic rings. The van der Waals surface area contributed by atoms with Crippen molar-refractivity contribution >= 4 is 5.97 Å². The average Bonchev–Trinajstić information content (AvgIpc) is 2.77. The first-order valence-corrected chi connectivity index (χ1v) is 6.06. The van der Waals surface area contributed by atoms with Gasteiger partial charge in [-0.15, -0.1) is 0 Å². The van der Waals surface area contributed by atoms with Gasteiger partial charge in [-0.25, -0.2) is 4.79 Å². The summed E-state index contributed by atoms with van der Waals surface area (Å²) in [6, 6.07) is 0. The normalized spacial score (nSPS) is 24.9. The lowest BCUT2D eigenvalue weighted by molar-refractivity contribution is -0.157. The average molecular weight is 245 g/mol. The van der Waals surface area contributed by atoms with Crippen LogP contribution in [0.25, 0.3) is 0 Å². The number of esters is 1. The maximum atomic E-state index is 11.7. The molecule has 0 aromatic heterocycles. The first-order chi connectivity index (χ1) is 7.98. The van der Waals surface area contributed by atoms with Gasteiger partial charge in [-0.1, -0.05) is 0 Å². The van der Waals surface area contributed by atoms with Gasteiger partial charge in [0.25, 0.3) is 0 Å². The van der Waals surface area contributed by atoms with Gasteiger partial charge in [0.1, 0.15) is 0 Å². The van der Waals surface area contributed by atoms with Crippen LogP contribution in [0.2, 0.25) is 0 Å². The van der Waals surface area contributed by atoms with Crippen molar-refractivity contribution in [2.75, 3.05) is 20.3 Å². The summed E-state index contributed by atoms with van der Waals surface area (Å²) in [5.74, 6) is -0.284. The SMILES string of the molecule is COC(C)(C)CCOC(=O)C1CCC(CN)O1. The third-order valence-electron chi connectivity index (χ3n) is 3.13. The lowest BCUT2D eigenvalue weighted by Crippen LogP contribution is -2.29. The van der Waals surface area contributed by atoms with Crippen LogP contribution in [0.1, 0.15) is 33.1 Å². The fourth-order valence-electron chi connectivity index (χ4n) is 1.64. The Morgan fingerprint density at radius 3 is 2.71 bits per heavy atom. The number of nitrogens with two attached hydrogens (primary N) is 1. The van der Waals surface area contributed by atoms with E-state index < -0.39 is 6.10 Å². The number of rotatable bonds is 6. The quantitative estimate of drug-likeness (QED) is 0.702. The molecule has 2 N–H and O–H groups in total. The minimum Gasteiger partial charge on any atom is -0.464 e. The summed E-state index contributed by atoms with van der Waals surface area (Å²) in [7, 11) is 1.65. The lowest BCUT2D eigenvalue weighted by Gasteiger charge is -2.22. The van der Waals surface area contributed by atoms with Gasteiger partial charge in [0.05, 0.1) is 18.3 Å². The Bertz CT molecular complexity index is 255. The highest BCUT2D eigenvalue weighted by molar-refractivity contribution is 5.75. The molecule has 1 fully saturated rings. The fourth-order valence-corrected chi connectivity index (χ4v) is 1.64. The summed E-state index contributed by atoms with van der Waals surface area (Å²) in [5.41, 5.74) is 5.21. The predicted molar refractivity (Wildman–Crippen MR) is 63.6 cm³/mol. The van der Waals surface area contributed by atoms with Crippen molar-refractivity contribution in [3.63, 3.8) is 0 Å². The van der Waals surface area contributed by atoms with Crippen molar-refractivity contribution in [3.05, 3.63) is 0 Å². The number of hydrogen-bond acceptors (Lipinski definition) is 5. The molecule has 2 unspecified atom stereocenters. The predicted octanol–water partition coefficient (Wildman–Crippen LogP) is 0.851. The number of methoxy groups -OCH3 is 1. The summed E-state index contributed by atoms with van der Waals surface area (Å²) in [4.78, 5) is 11.7. The molecule has 1 aliphatic heterocycles. The van der Waals surface area contributed by atoms with Crippen LogP contribution in [0.3, 0.4) is 0 Å². The summed E-state index contributed by atoms with van der Waals surface area (Å²) in [6.45, 7) is 4.72. The van der Waals surface area contributed by atoms with E-state index in [9.17, 15) is 4.79 Å². The van der Waals surface area contributed by atoms with Crippen LogP contribution in [0.5, 0.6) is 0 Å². The standard InChI is InChI=1S/C12H23NO4/c1-12(2,15-3)6-7-16-11(14)10-5-4-9(8-13)17-10/h9-10H,4-8,13H2,1-3H3. The summed E-state index contributed by atoms with van der Waals surface area (Å²) in [6.07, 6.45) is 1.77. The zero-order valence-corrected chi connectivity index (χ0v) is 10.9. The largest absolute Gasteiger partial charge is 0.464 e. The van der Waals surface area contributed by atoms with Gasteiger partial charge in [-0.2, -0.15) is 0 Å². The Labute approximate surface area is 103 Å². The Hall–Kier alpha value is -0.650. The van der Waals surface area contributed by atoms with Gasteiger partial charge in [-0.05, 0) is 26.7 Å². The molecule has 1 saturated heterocycles. The van der Waals surface area contributed by atoms with Crippen LogP contribution in [0, 0.1) is 0 Å². The number of carbonyl (C=O) groups excluding carboxylic acids is 1. The zero-order valence-electron chi connectivity index (χ0n) is 10.9. The van der Waals surface area contributed by atoms with E-state index in [2.05, 4.69) is 0 Å². The van der Waals surface area contributed by atoms with E-state index in [0.717, 1.165) is 6.42 Å². The summed E-state index contributed by atoms with van der Waals surface area (Å²) < 4.78 is 15.9. The second kappa shape index (κ2) is 6.33. The van der Waals surface area contributed by atoms with Crippen molar-refractivity contribution < 1.29 is 19.0 Å². The summed E-state index contributed by atoms with van der Waals surface area (Å²) >= 11 is 0. The molecule has 1 heterocycles. The van der Waals surface area contributed by atoms with Crippen molar-refractivity contribution in [1.82, 2.24) is 0 Å². The second-order valence-corrected chi connectivity index (χ2v) is 4.94. The van der Waals surface area contributed by atoms with Crippen LogP contribution >= 0.6 is 0 Å². The number of hydrogen-bond donors (Lipinski definition) is 1. The molecule has 0 aliphatic carbocycles. The van der Waals surface area contributed by atoms with Crippen LogP contribution in [-0.2, 0) is 19.0 Å². The topological polar surface area (TPSA) is 70.8 Å². The summed E-state index contributed by atoms with van der Waals surface area (Å²) in [5, 5.41) is 0. The Kier molecular flexibility index (Phi) is 5.36. The van der Waals surface area contributed by atoms with Crippen molar-refractivity contribution in [1.29, 1.82) is 0 Å². The molecule has 5 heteroatoms. The monoisotopic (exact) mass is 245 g/mol. The maximum absolute atomic E-state index is 11.7. The van der Waals surface area contributed by atoms with Gasteiger partial charge in [0.15, 0.2) is 6.10 Å². The Balaban J connectivity index is 2.22. The third kappa shape index (κ3) is 4.61. The second-order valence-electron chi connectivity index (χ2n) is 4.94. The molecular weight excluding hydrogens is 222 g/mol. The van der Waals surface area contributed by atoms with Crippen LogP contribution in [0.4, 0.5) is 0 Å². The van der Waals surface area contributed by atoms with Crippen molar-refractivity contribution in [3.8, 4) is 0 Å². The van der Waals surface area contributed by atoms with E-state index in [1.807, 2.05) is 13.8 Å². The molecule has 2 atom stereocenters. The Morgan fingerprint density at radius 1 is 1.47 bits per heavy atom. The van der Waals surface area contributed by atoms with Crippen LogP contribution in [-0.4, -0.2) is 44.0 Å². The molecule has 5 nitrogen and oxygen atoms in total. The molecule has 0 amide bonds. The highest BCUT2D eigenvalue weighted by Crippen LogP contribution is 2.20. The molecule has 17 heavy (non-hydrogen) atoms. The highest BCUT2D eigenvalue weighted by atomic mass is 16.6. The molecule has 0 bridgehead atoms. The first kappa shape index (κ1) is 14.4. The number of ether oxygens (including phenoxy) is 3. The fraction of sp³-hybridized carbons (Fsp3) is 0.917.